The average Bonchev–Trinajstić information content (AvgIpc) is 2.04. The van der Waals surface area contributed by atoms with E-state index in [0.717, 1.165) is 0 Å². The van der Waals surface area contributed by atoms with Crippen molar-refractivity contribution in [3.8, 4) is 0 Å². The van der Waals surface area contributed by atoms with Crippen molar-refractivity contribution >= 4 is 23.2 Å². The molecule has 0 aliphatic carbocycles. The van der Waals surface area contributed by atoms with Crippen LogP contribution in [0.25, 0.3) is 0 Å². The number of benzene rings is 1. The van der Waals surface area contributed by atoms with Gasteiger partial charge in [0.05, 0.1) is 0 Å². The first-order valence-corrected chi connectivity index (χ1v) is 4.22. The molecule has 0 aromatic heterocycles. The Balaban J connectivity index is 2.69. The summed E-state index contributed by atoms with van der Waals surface area (Å²) in [5.41, 5.74) is 0.582. The van der Waals surface area contributed by atoms with E-state index in [0.29, 0.717) is 10.7 Å². The molecule has 70 valence electrons. The van der Waals surface area contributed by atoms with Gasteiger partial charge < -0.3 is 10.4 Å². The van der Waals surface area contributed by atoms with E-state index in [1.807, 2.05) is 0 Å². The Labute approximate surface area is 81.3 Å². The highest BCUT2D eigenvalue weighted by Gasteiger charge is 2.08. The number of carbonyl (C=O) groups is 1. The summed E-state index contributed by atoms with van der Waals surface area (Å²) in [6.45, 7) is 1.40. The van der Waals surface area contributed by atoms with Gasteiger partial charge in [0, 0.05) is 10.7 Å². The molecule has 0 fully saturated rings. The quantitative estimate of drug-likeness (QED) is 0.761. The number of anilines is 1. The molecule has 4 heteroatoms. The lowest BCUT2D eigenvalue weighted by Crippen LogP contribution is -2.24. The number of halogens is 1. The van der Waals surface area contributed by atoms with Crippen LogP contribution in [0.15, 0.2) is 24.3 Å². The Morgan fingerprint density at radius 2 is 2.31 bits per heavy atom. The van der Waals surface area contributed by atoms with E-state index < -0.39 is 12.0 Å². The van der Waals surface area contributed by atoms with Crippen molar-refractivity contribution in [2.24, 2.45) is 0 Å². The molecular weight excluding hydrogens is 190 g/mol. The molecule has 0 radical (unpaired) electrons. The van der Waals surface area contributed by atoms with Crippen LogP contribution in [0.2, 0.25) is 5.02 Å². The molecule has 0 heterocycles. The Hall–Kier alpha value is -1.06. The van der Waals surface area contributed by atoms with Crippen molar-refractivity contribution in [3.63, 3.8) is 0 Å². The van der Waals surface area contributed by atoms with Gasteiger partial charge in [-0.2, -0.15) is 0 Å². The van der Waals surface area contributed by atoms with Gasteiger partial charge in [0.1, 0.15) is 6.10 Å². The van der Waals surface area contributed by atoms with Crippen LogP contribution < -0.4 is 5.32 Å². The van der Waals surface area contributed by atoms with E-state index in [9.17, 15) is 4.79 Å². The topological polar surface area (TPSA) is 49.3 Å². The van der Waals surface area contributed by atoms with Crippen molar-refractivity contribution in [2.75, 3.05) is 5.32 Å². The smallest absolute Gasteiger partial charge is 0.252 e. The van der Waals surface area contributed by atoms with Crippen LogP contribution >= 0.6 is 11.6 Å². The predicted molar refractivity (Wildman–Crippen MR) is 51.8 cm³/mol. The van der Waals surface area contributed by atoms with Crippen LogP contribution in [-0.4, -0.2) is 17.1 Å². The van der Waals surface area contributed by atoms with Gasteiger partial charge in [0.2, 0.25) is 0 Å². The number of hydrogen-bond acceptors (Lipinski definition) is 2. The van der Waals surface area contributed by atoms with Crippen LogP contribution in [0.1, 0.15) is 6.92 Å². The first kappa shape index (κ1) is 10.0. The zero-order valence-corrected chi connectivity index (χ0v) is 7.88. The molecule has 3 nitrogen and oxygen atoms in total. The first-order valence-electron chi connectivity index (χ1n) is 3.84. The molecule has 0 aliphatic heterocycles. The van der Waals surface area contributed by atoms with Gasteiger partial charge >= 0.3 is 0 Å². The predicted octanol–water partition coefficient (Wildman–Crippen LogP) is 1.66. The number of carbonyl (C=O) groups excluding carboxylic acids is 1. The summed E-state index contributed by atoms with van der Waals surface area (Å²) in [7, 11) is 0. The van der Waals surface area contributed by atoms with E-state index in [4.69, 9.17) is 16.7 Å². The van der Waals surface area contributed by atoms with Crippen molar-refractivity contribution in [1.29, 1.82) is 0 Å². The third kappa shape index (κ3) is 3.05. The van der Waals surface area contributed by atoms with Gasteiger partial charge in [-0.05, 0) is 25.1 Å². The van der Waals surface area contributed by atoms with E-state index in [1.165, 1.54) is 6.92 Å². The van der Waals surface area contributed by atoms with Crippen LogP contribution in [0.4, 0.5) is 5.69 Å². The van der Waals surface area contributed by atoms with E-state index in [2.05, 4.69) is 5.32 Å². The van der Waals surface area contributed by atoms with Gasteiger partial charge in [0.15, 0.2) is 0 Å². The minimum atomic E-state index is -1.01. The summed E-state index contributed by atoms with van der Waals surface area (Å²) in [4.78, 5) is 11.0. The molecule has 0 aliphatic rings. The Morgan fingerprint density at radius 1 is 1.62 bits per heavy atom. The number of nitrogens with one attached hydrogen (secondary N) is 1. The Bertz CT molecular complexity index is 312. The number of aliphatic hydroxyl groups is 1. The third-order valence-corrected chi connectivity index (χ3v) is 1.71. The number of amides is 1. The standard InChI is InChI=1S/C9H10ClNO2/c1-6(12)9(13)11-8-4-2-3-7(10)5-8/h2-6,12H,1H3,(H,11,13). The summed E-state index contributed by atoms with van der Waals surface area (Å²) < 4.78 is 0. The lowest BCUT2D eigenvalue weighted by molar-refractivity contribution is -0.123. The van der Waals surface area contributed by atoms with Gasteiger partial charge in [0.25, 0.3) is 5.91 Å². The van der Waals surface area contributed by atoms with E-state index >= 15 is 0 Å². The molecule has 13 heavy (non-hydrogen) atoms. The third-order valence-electron chi connectivity index (χ3n) is 1.47. The highest BCUT2D eigenvalue weighted by molar-refractivity contribution is 6.30. The zero-order chi connectivity index (χ0) is 9.84. The summed E-state index contributed by atoms with van der Waals surface area (Å²) in [5, 5.41) is 12.0. The SMILES string of the molecule is CC(O)C(=O)Nc1cccc(Cl)c1. The minimum absolute atomic E-state index is 0.442. The Kier molecular flexibility index (Phi) is 3.28. The van der Waals surface area contributed by atoms with Gasteiger partial charge in [-0.25, -0.2) is 0 Å². The molecule has 0 saturated heterocycles. The Morgan fingerprint density at radius 3 is 2.85 bits per heavy atom. The number of hydrogen-bond donors (Lipinski definition) is 2. The van der Waals surface area contributed by atoms with Gasteiger partial charge in [-0.1, -0.05) is 17.7 Å². The van der Waals surface area contributed by atoms with Crippen LogP contribution in [0.5, 0.6) is 0 Å². The maximum Gasteiger partial charge on any atom is 0.252 e. The lowest BCUT2D eigenvalue weighted by atomic mass is 10.3. The molecular formula is C9H10ClNO2. The molecule has 0 spiro atoms. The second-order valence-electron chi connectivity index (χ2n) is 2.68. The van der Waals surface area contributed by atoms with Crippen molar-refractivity contribution in [2.45, 2.75) is 13.0 Å². The molecule has 1 atom stereocenters. The molecule has 1 aromatic carbocycles. The second-order valence-corrected chi connectivity index (χ2v) is 3.11. The maximum absolute atomic E-state index is 11.0. The maximum atomic E-state index is 11.0. The molecule has 1 aromatic rings. The van der Waals surface area contributed by atoms with Crippen molar-refractivity contribution in [3.05, 3.63) is 29.3 Å². The summed E-state index contributed by atoms with van der Waals surface area (Å²) in [6.07, 6.45) is -1.01. The highest BCUT2D eigenvalue weighted by atomic mass is 35.5. The molecule has 2 N–H and O–H groups in total. The first-order chi connectivity index (χ1) is 6.09. The molecule has 0 saturated carbocycles. The fraction of sp³-hybridized carbons (Fsp3) is 0.222. The molecule has 1 unspecified atom stereocenters. The normalized spacial score (nSPS) is 12.2. The molecule has 1 rings (SSSR count). The van der Waals surface area contributed by atoms with E-state index in [-0.39, 0.29) is 0 Å². The fourth-order valence-electron chi connectivity index (χ4n) is 0.813. The minimum Gasteiger partial charge on any atom is -0.384 e. The van der Waals surface area contributed by atoms with Crippen molar-refractivity contribution < 1.29 is 9.90 Å². The lowest BCUT2D eigenvalue weighted by Gasteiger charge is -2.06. The van der Waals surface area contributed by atoms with Crippen LogP contribution in [0, 0.1) is 0 Å². The van der Waals surface area contributed by atoms with Crippen LogP contribution in [0.3, 0.4) is 0 Å². The average molecular weight is 200 g/mol. The molecule has 0 bridgehead atoms. The van der Waals surface area contributed by atoms with E-state index in [1.54, 1.807) is 24.3 Å². The largest absolute Gasteiger partial charge is 0.384 e. The number of aliphatic hydroxyl groups excluding tert-OH is 1. The number of rotatable bonds is 2. The second kappa shape index (κ2) is 4.25. The van der Waals surface area contributed by atoms with Crippen molar-refractivity contribution in [1.82, 2.24) is 0 Å². The van der Waals surface area contributed by atoms with Gasteiger partial charge in [-0.15, -0.1) is 0 Å². The van der Waals surface area contributed by atoms with Gasteiger partial charge in [-0.3, -0.25) is 4.79 Å². The fourth-order valence-corrected chi connectivity index (χ4v) is 1.00. The summed E-state index contributed by atoms with van der Waals surface area (Å²) in [5.74, 6) is -0.442. The summed E-state index contributed by atoms with van der Waals surface area (Å²) in [6, 6.07) is 6.74. The highest BCUT2D eigenvalue weighted by Crippen LogP contribution is 2.14. The van der Waals surface area contributed by atoms with Crippen LogP contribution in [-0.2, 0) is 4.79 Å². The summed E-state index contributed by atoms with van der Waals surface area (Å²) >= 11 is 5.69. The molecule has 1 amide bonds. The monoisotopic (exact) mass is 199 g/mol. The zero-order valence-electron chi connectivity index (χ0n) is 7.12.